The van der Waals surface area contributed by atoms with Crippen LogP contribution in [0.3, 0.4) is 0 Å². The first-order valence-electron chi connectivity index (χ1n) is 6.50. The fourth-order valence-corrected chi connectivity index (χ4v) is 2.38. The van der Waals surface area contributed by atoms with Crippen molar-refractivity contribution in [2.45, 2.75) is 18.2 Å². The van der Waals surface area contributed by atoms with Crippen LogP contribution in [-0.4, -0.2) is 24.9 Å². The lowest BCUT2D eigenvalue weighted by molar-refractivity contribution is 0.598. The van der Waals surface area contributed by atoms with Gasteiger partial charge in [-0.2, -0.15) is 5.26 Å². The Morgan fingerprint density at radius 1 is 1.27 bits per heavy atom. The van der Waals surface area contributed by atoms with Crippen LogP contribution in [0.4, 0.5) is 5.95 Å². The third kappa shape index (κ3) is 4.25. The quantitative estimate of drug-likeness (QED) is 0.847. The first-order valence-corrected chi connectivity index (χ1v) is 8.04. The summed E-state index contributed by atoms with van der Waals surface area (Å²) in [6, 6.07) is 9.95. The molecule has 0 spiro atoms. The number of aryl methyl sites for hydroxylation is 1. The number of nitrogens with zero attached hydrogens (tertiary/aromatic N) is 3. The highest BCUT2D eigenvalue weighted by Crippen LogP contribution is 2.10. The Labute approximate surface area is 128 Å². The Balaban J connectivity index is 1.97. The van der Waals surface area contributed by atoms with Gasteiger partial charge in [0, 0.05) is 12.2 Å². The SMILES string of the molecule is Cc1cc(C#N)nc(NCCc2ccc(S(N)(=O)=O)cc2)n1. The Hall–Kier alpha value is -2.50. The van der Waals surface area contributed by atoms with Crippen molar-refractivity contribution in [1.29, 1.82) is 5.26 Å². The van der Waals surface area contributed by atoms with Crippen molar-refractivity contribution in [2.24, 2.45) is 5.14 Å². The lowest BCUT2D eigenvalue weighted by Crippen LogP contribution is -2.12. The number of anilines is 1. The van der Waals surface area contributed by atoms with Crippen LogP contribution in [0.1, 0.15) is 17.0 Å². The molecule has 0 radical (unpaired) electrons. The average molecular weight is 317 g/mol. The first kappa shape index (κ1) is 15.9. The lowest BCUT2D eigenvalue weighted by atomic mass is 10.1. The topological polar surface area (TPSA) is 122 Å². The number of aromatic nitrogens is 2. The summed E-state index contributed by atoms with van der Waals surface area (Å²) in [5.74, 6) is 0.401. The van der Waals surface area contributed by atoms with Crippen LogP contribution in [0.2, 0.25) is 0 Å². The second-order valence-electron chi connectivity index (χ2n) is 4.70. The zero-order chi connectivity index (χ0) is 16.2. The van der Waals surface area contributed by atoms with E-state index in [1.54, 1.807) is 25.1 Å². The van der Waals surface area contributed by atoms with E-state index >= 15 is 0 Å². The van der Waals surface area contributed by atoms with E-state index in [1.165, 1.54) is 12.1 Å². The monoisotopic (exact) mass is 317 g/mol. The fourth-order valence-electron chi connectivity index (χ4n) is 1.87. The molecule has 0 aliphatic rings. The lowest BCUT2D eigenvalue weighted by Gasteiger charge is -2.06. The van der Waals surface area contributed by atoms with E-state index in [2.05, 4.69) is 15.3 Å². The molecule has 3 N–H and O–H groups in total. The van der Waals surface area contributed by atoms with E-state index < -0.39 is 10.0 Å². The molecular formula is C14H15N5O2S. The minimum atomic E-state index is -3.66. The molecule has 1 aromatic carbocycles. The summed E-state index contributed by atoms with van der Waals surface area (Å²) in [7, 11) is -3.66. The van der Waals surface area contributed by atoms with E-state index in [9.17, 15) is 8.42 Å². The number of rotatable bonds is 5. The van der Waals surface area contributed by atoms with Gasteiger partial charge >= 0.3 is 0 Å². The van der Waals surface area contributed by atoms with Crippen molar-refractivity contribution >= 4 is 16.0 Å². The summed E-state index contributed by atoms with van der Waals surface area (Å²) in [5.41, 5.74) is 1.98. The minimum Gasteiger partial charge on any atom is -0.354 e. The first-order chi connectivity index (χ1) is 10.4. The summed E-state index contributed by atoms with van der Waals surface area (Å²) in [5, 5.41) is 16.9. The van der Waals surface area contributed by atoms with E-state index in [1.807, 2.05) is 6.07 Å². The minimum absolute atomic E-state index is 0.0879. The Morgan fingerprint density at radius 3 is 2.55 bits per heavy atom. The largest absolute Gasteiger partial charge is 0.354 e. The second-order valence-corrected chi connectivity index (χ2v) is 6.26. The molecule has 114 valence electrons. The van der Waals surface area contributed by atoms with Crippen LogP contribution in [0.15, 0.2) is 35.2 Å². The number of nitrogens with one attached hydrogen (secondary N) is 1. The zero-order valence-electron chi connectivity index (χ0n) is 11.9. The Bertz CT molecular complexity index is 810. The molecule has 0 amide bonds. The van der Waals surface area contributed by atoms with Crippen molar-refractivity contribution in [3.8, 4) is 6.07 Å². The van der Waals surface area contributed by atoms with E-state index in [-0.39, 0.29) is 4.90 Å². The molecule has 1 heterocycles. The molecule has 0 atom stereocenters. The maximum absolute atomic E-state index is 11.2. The number of nitrogens with two attached hydrogens (primary N) is 1. The summed E-state index contributed by atoms with van der Waals surface area (Å²) < 4.78 is 22.3. The smallest absolute Gasteiger partial charge is 0.238 e. The molecule has 2 rings (SSSR count). The third-order valence-corrected chi connectivity index (χ3v) is 3.85. The van der Waals surface area contributed by atoms with Gasteiger partial charge in [-0.05, 0) is 37.1 Å². The molecule has 8 heteroatoms. The van der Waals surface area contributed by atoms with Crippen molar-refractivity contribution in [1.82, 2.24) is 9.97 Å². The number of sulfonamides is 1. The number of hydrogen-bond acceptors (Lipinski definition) is 6. The van der Waals surface area contributed by atoms with Crippen LogP contribution in [0, 0.1) is 18.3 Å². The second kappa shape index (κ2) is 6.51. The van der Waals surface area contributed by atoms with Gasteiger partial charge in [-0.1, -0.05) is 12.1 Å². The van der Waals surface area contributed by atoms with Crippen molar-refractivity contribution in [3.05, 3.63) is 47.3 Å². The molecule has 0 fully saturated rings. The highest BCUT2D eigenvalue weighted by molar-refractivity contribution is 7.89. The van der Waals surface area contributed by atoms with Gasteiger partial charge in [0.2, 0.25) is 16.0 Å². The van der Waals surface area contributed by atoms with Crippen LogP contribution in [-0.2, 0) is 16.4 Å². The van der Waals surface area contributed by atoms with Gasteiger partial charge in [-0.3, -0.25) is 0 Å². The molecule has 1 aromatic heterocycles. The molecule has 2 aromatic rings. The molecule has 0 unspecified atom stereocenters. The van der Waals surface area contributed by atoms with E-state index in [0.717, 1.165) is 5.56 Å². The maximum Gasteiger partial charge on any atom is 0.238 e. The molecule has 0 saturated carbocycles. The average Bonchev–Trinajstić information content (AvgIpc) is 2.46. The molecule has 0 aliphatic carbocycles. The van der Waals surface area contributed by atoms with Gasteiger partial charge < -0.3 is 5.32 Å². The number of benzene rings is 1. The molecule has 22 heavy (non-hydrogen) atoms. The standard InChI is InChI=1S/C14H15N5O2S/c1-10-8-12(9-15)19-14(18-10)17-7-6-11-2-4-13(5-3-11)22(16,20)21/h2-5,8H,6-7H2,1H3,(H2,16,20,21)(H,17,18,19). The van der Waals surface area contributed by atoms with Crippen molar-refractivity contribution < 1.29 is 8.42 Å². The summed E-state index contributed by atoms with van der Waals surface area (Å²) in [4.78, 5) is 8.33. The molecular weight excluding hydrogens is 302 g/mol. The highest BCUT2D eigenvalue weighted by Gasteiger charge is 2.06. The highest BCUT2D eigenvalue weighted by atomic mass is 32.2. The van der Waals surface area contributed by atoms with Gasteiger partial charge in [-0.25, -0.2) is 23.5 Å². The summed E-state index contributed by atoms with van der Waals surface area (Å²) >= 11 is 0. The predicted octanol–water partition coefficient (Wildman–Crippen LogP) is 0.959. The van der Waals surface area contributed by atoms with E-state index in [4.69, 9.17) is 10.4 Å². The zero-order valence-corrected chi connectivity index (χ0v) is 12.8. The molecule has 0 saturated heterocycles. The van der Waals surface area contributed by atoms with Gasteiger partial charge in [0.1, 0.15) is 11.8 Å². The van der Waals surface area contributed by atoms with Gasteiger partial charge in [0.05, 0.1) is 4.90 Å². The maximum atomic E-state index is 11.2. The van der Waals surface area contributed by atoms with E-state index in [0.29, 0.717) is 30.3 Å². The van der Waals surface area contributed by atoms with Crippen LogP contribution >= 0.6 is 0 Å². The van der Waals surface area contributed by atoms with Gasteiger partial charge in [0.15, 0.2) is 0 Å². The van der Waals surface area contributed by atoms with Gasteiger partial charge in [-0.15, -0.1) is 0 Å². The van der Waals surface area contributed by atoms with Gasteiger partial charge in [0.25, 0.3) is 0 Å². The van der Waals surface area contributed by atoms with Crippen LogP contribution in [0.5, 0.6) is 0 Å². The van der Waals surface area contributed by atoms with Crippen LogP contribution in [0.25, 0.3) is 0 Å². The Kier molecular flexibility index (Phi) is 4.70. The molecule has 0 bridgehead atoms. The van der Waals surface area contributed by atoms with Crippen LogP contribution < -0.4 is 10.5 Å². The summed E-state index contributed by atoms with van der Waals surface area (Å²) in [6.45, 7) is 2.35. The predicted molar refractivity (Wildman–Crippen MR) is 81.5 cm³/mol. The van der Waals surface area contributed by atoms with Crippen molar-refractivity contribution in [2.75, 3.05) is 11.9 Å². The normalized spacial score (nSPS) is 11.0. The van der Waals surface area contributed by atoms with Crippen molar-refractivity contribution in [3.63, 3.8) is 0 Å². The number of nitriles is 1. The third-order valence-electron chi connectivity index (χ3n) is 2.92. The molecule has 0 aliphatic heterocycles. The fraction of sp³-hybridized carbons (Fsp3) is 0.214. The number of hydrogen-bond donors (Lipinski definition) is 2. The summed E-state index contributed by atoms with van der Waals surface area (Å²) in [6.07, 6.45) is 0.657. The Morgan fingerprint density at radius 2 is 1.95 bits per heavy atom. The number of primary sulfonamides is 1. The molecule has 7 nitrogen and oxygen atoms in total.